The van der Waals surface area contributed by atoms with Gasteiger partial charge in [-0.1, -0.05) is 41.4 Å². The third-order valence-electron chi connectivity index (χ3n) is 2.61. The molecule has 0 fully saturated rings. The Balaban J connectivity index is 2.33. The molecule has 0 aromatic heterocycles. The van der Waals surface area contributed by atoms with Crippen molar-refractivity contribution < 1.29 is 9.18 Å². The van der Waals surface area contributed by atoms with Gasteiger partial charge in [0.25, 0.3) is 0 Å². The van der Waals surface area contributed by atoms with Gasteiger partial charge in [-0.15, -0.1) is 11.6 Å². The monoisotopic (exact) mass is 316 g/mol. The highest BCUT2D eigenvalue weighted by atomic mass is 35.5. The van der Waals surface area contributed by atoms with Crippen LogP contribution < -0.4 is 0 Å². The normalized spacial score (nSPS) is 12.2. The van der Waals surface area contributed by atoms with Gasteiger partial charge in [0.05, 0.1) is 10.0 Å². The van der Waals surface area contributed by atoms with Crippen molar-refractivity contribution in [2.24, 2.45) is 0 Å². The van der Waals surface area contributed by atoms with E-state index in [1.54, 1.807) is 18.2 Å². The molecular weight excluding hydrogens is 310 g/mol. The topological polar surface area (TPSA) is 17.1 Å². The third-order valence-corrected chi connectivity index (χ3v) is 3.88. The van der Waals surface area contributed by atoms with E-state index in [9.17, 15) is 9.18 Å². The minimum atomic E-state index is -0.934. The molecule has 0 saturated carbocycles. The SMILES string of the molecule is O=C(c1cccc(Cl)c1Cl)C(Cl)c1ccc(F)cc1. The lowest BCUT2D eigenvalue weighted by Gasteiger charge is -2.10. The number of benzene rings is 2. The summed E-state index contributed by atoms with van der Waals surface area (Å²) in [7, 11) is 0. The molecule has 5 heteroatoms. The van der Waals surface area contributed by atoms with Gasteiger partial charge in [-0.3, -0.25) is 4.79 Å². The van der Waals surface area contributed by atoms with Gasteiger partial charge in [-0.25, -0.2) is 4.39 Å². The average Bonchev–Trinajstić information content (AvgIpc) is 2.41. The predicted octanol–water partition coefficient (Wildman–Crippen LogP) is 5.30. The summed E-state index contributed by atoms with van der Waals surface area (Å²) in [5.41, 5.74) is 0.752. The summed E-state index contributed by atoms with van der Waals surface area (Å²) in [6.45, 7) is 0. The van der Waals surface area contributed by atoms with Crippen molar-refractivity contribution in [3.05, 3.63) is 69.5 Å². The summed E-state index contributed by atoms with van der Waals surface area (Å²) >= 11 is 17.9. The summed E-state index contributed by atoms with van der Waals surface area (Å²) in [6, 6.07) is 10.2. The molecule has 1 unspecified atom stereocenters. The Morgan fingerprint density at radius 2 is 1.68 bits per heavy atom. The van der Waals surface area contributed by atoms with E-state index in [0.29, 0.717) is 5.56 Å². The maximum Gasteiger partial charge on any atom is 0.186 e. The highest BCUT2D eigenvalue weighted by Crippen LogP contribution is 2.31. The van der Waals surface area contributed by atoms with Gasteiger partial charge >= 0.3 is 0 Å². The van der Waals surface area contributed by atoms with Crippen LogP contribution in [0.1, 0.15) is 21.3 Å². The number of hydrogen-bond acceptors (Lipinski definition) is 1. The zero-order chi connectivity index (χ0) is 14.0. The van der Waals surface area contributed by atoms with Crippen LogP contribution in [0.25, 0.3) is 0 Å². The first kappa shape index (κ1) is 14.3. The zero-order valence-corrected chi connectivity index (χ0v) is 11.8. The van der Waals surface area contributed by atoms with Crippen LogP contribution in [-0.2, 0) is 0 Å². The Morgan fingerprint density at radius 1 is 1.05 bits per heavy atom. The number of hydrogen-bond donors (Lipinski definition) is 0. The first-order chi connectivity index (χ1) is 9.00. The van der Waals surface area contributed by atoms with Gasteiger partial charge in [-0.05, 0) is 29.8 Å². The van der Waals surface area contributed by atoms with Crippen molar-refractivity contribution >= 4 is 40.6 Å². The molecule has 0 radical (unpaired) electrons. The molecule has 1 atom stereocenters. The number of halogens is 4. The Kier molecular flexibility index (Phi) is 4.46. The van der Waals surface area contributed by atoms with Crippen LogP contribution in [0.4, 0.5) is 4.39 Å². The van der Waals surface area contributed by atoms with E-state index in [0.717, 1.165) is 0 Å². The lowest BCUT2D eigenvalue weighted by atomic mass is 10.0. The van der Waals surface area contributed by atoms with Crippen LogP contribution in [0.2, 0.25) is 10.0 Å². The van der Waals surface area contributed by atoms with E-state index in [1.807, 2.05) is 0 Å². The highest BCUT2D eigenvalue weighted by Gasteiger charge is 2.22. The molecule has 1 nitrogen and oxygen atoms in total. The summed E-state index contributed by atoms with van der Waals surface area (Å²) < 4.78 is 12.8. The zero-order valence-electron chi connectivity index (χ0n) is 9.54. The fourth-order valence-electron chi connectivity index (χ4n) is 1.61. The minimum absolute atomic E-state index is 0.168. The Morgan fingerprint density at radius 3 is 2.32 bits per heavy atom. The minimum Gasteiger partial charge on any atom is -0.292 e. The number of ketones is 1. The highest BCUT2D eigenvalue weighted by molar-refractivity contribution is 6.45. The Hall–Kier alpha value is -1.09. The van der Waals surface area contributed by atoms with E-state index < -0.39 is 5.38 Å². The van der Waals surface area contributed by atoms with Crippen LogP contribution >= 0.6 is 34.8 Å². The molecule has 0 aliphatic rings. The van der Waals surface area contributed by atoms with E-state index >= 15 is 0 Å². The molecule has 19 heavy (non-hydrogen) atoms. The molecule has 0 aliphatic heterocycles. The molecule has 2 aromatic rings. The second kappa shape index (κ2) is 5.91. The first-order valence-corrected chi connectivity index (χ1v) is 6.57. The fourth-order valence-corrected chi connectivity index (χ4v) is 2.27. The van der Waals surface area contributed by atoms with Crippen molar-refractivity contribution in [3.63, 3.8) is 0 Å². The van der Waals surface area contributed by atoms with E-state index in [2.05, 4.69) is 0 Å². The van der Waals surface area contributed by atoms with Crippen molar-refractivity contribution in [2.45, 2.75) is 5.38 Å². The third kappa shape index (κ3) is 3.08. The summed E-state index contributed by atoms with van der Waals surface area (Å²) in [4.78, 5) is 12.2. The molecule has 0 bridgehead atoms. The molecule has 0 amide bonds. The van der Waals surface area contributed by atoms with Crippen LogP contribution in [0.15, 0.2) is 42.5 Å². The van der Waals surface area contributed by atoms with Crippen molar-refractivity contribution in [1.29, 1.82) is 0 Å². The Bertz CT molecular complexity index is 611. The maximum absolute atomic E-state index is 12.8. The molecule has 98 valence electrons. The molecule has 2 rings (SSSR count). The first-order valence-electron chi connectivity index (χ1n) is 5.38. The van der Waals surface area contributed by atoms with E-state index in [1.165, 1.54) is 24.3 Å². The lowest BCUT2D eigenvalue weighted by Crippen LogP contribution is -2.08. The quantitative estimate of drug-likeness (QED) is 0.555. The largest absolute Gasteiger partial charge is 0.292 e. The van der Waals surface area contributed by atoms with Crippen LogP contribution in [0, 0.1) is 5.82 Å². The van der Waals surface area contributed by atoms with Crippen molar-refractivity contribution in [1.82, 2.24) is 0 Å². The summed E-state index contributed by atoms with van der Waals surface area (Å²) in [6.07, 6.45) is 0. The maximum atomic E-state index is 12.8. The van der Waals surface area contributed by atoms with E-state index in [4.69, 9.17) is 34.8 Å². The number of carbonyl (C=O) groups excluding carboxylic acids is 1. The summed E-state index contributed by atoms with van der Waals surface area (Å²) in [5.74, 6) is -0.762. The average molecular weight is 318 g/mol. The van der Waals surface area contributed by atoms with Crippen LogP contribution in [0.5, 0.6) is 0 Å². The number of Topliss-reactive ketones (excluding diaryl/α,β-unsaturated/α-hetero) is 1. The molecular formula is C14H8Cl3FO. The molecule has 2 aromatic carbocycles. The van der Waals surface area contributed by atoms with Crippen molar-refractivity contribution in [3.8, 4) is 0 Å². The van der Waals surface area contributed by atoms with E-state index in [-0.39, 0.29) is 27.2 Å². The second-order valence-electron chi connectivity index (χ2n) is 3.88. The van der Waals surface area contributed by atoms with Crippen molar-refractivity contribution in [2.75, 3.05) is 0 Å². The van der Waals surface area contributed by atoms with Gasteiger partial charge in [0.1, 0.15) is 11.2 Å². The fraction of sp³-hybridized carbons (Fsp3) is 0.0714. The van der Waals surface area contributed by atoms with Gasteiger partial charge in [-0.2, -0.15) is 0 Å². The summed E-state index contributed by atoms with van der Waals surface area (Å²) in [5, 5.41) is -0.478. The number of rotatable bonds is 3. The number of alkyl halides is 1. The smallest absolute Gasteiger partial charge is 0.186 e. The lowest BCUT2D eigenvalue weighted by molar-refractivity contribution is 0.0987. The Labute approximate surface area is 124 Å². The van der Waals surface area contributed by atoms with Gasteiger partial charge in [0.2, 0.25) is 0 Å². The van der Waals surface area contributed by atoms with Gasteiger partial charge < -0.3 is 0 Å². The van der Waals surface area contributed by atoms with Crippen LogP contribution in [0.3, 0.4) is 0 Å². The standard InChI is InChI=1S/C14H8Cl3FO/c15-11-3-1-2-10(13(11)17)14(19)12(16)8-4-6-9(18)7-5-8/h1-7,12H. The molecule has 0 saturated heterocycles. The molecule has 0 heterocycles. The molecule has 0 N–H and O–H groups in total. The van der Waals surface area contributed by atoms with Gasteiger partial charge in [0, 0.05) is 5.56 Å². The molecule has 0 spiro atoms. The number of carbonyl (C=O) groups is 1. The van der Waals surface area contributed by atoms with Crippen LogP contribution in [-0.4, -0.2) is 5.78 Å². The second-order valence-corrected chi connectivity index (χ2v) is 5.10. The predicted molar refractivity (Wildman–Crippen MR) is 75.8 cm³/mol. The molecule has 0 aliphatic carbocycles. The van der Waals surface area contributed by atoms with Gasteiger partial charge in [0.15, 0.2) is 5.78 Å².